The molecule has 0 saturated carbocycles. The van der Waals surface area contributed by atoms with Gasteiger partial charge in [-0.15, -0.1) is 0 Å². The quantitative estimate of drug-likeness (QED) is 0.703. The minimum Gasteiger partial charge on any atom is -0.480 e. The Labute approximate surface area is 147 Å². The summed E-state index contributed by atoms with van der Waals surface area (Å²) >= 11 is 1.30. The number of nitrogen functional groups attached to an aromatic ring is 1. The van der Waals surface area contributed by atoms with E-state index < -0.39 is 17.9 Å². The summed E-state index contributed by atoms with van der Waals surface area (Å²) in [6.45, 7) is 1.80. The average molecular weight is 355 g/mol. The zero-order valence-corrected chi connectivity index (χ0v) is 14.4. The lowest BCUT2D eigenvalue weighted by molar-refractivity contribution is -0.140. The number of nitrogens with two attached hydrogens (primary N) is 1. The van der Waals surface area contributed by atoms with Gasteiger partial charge in [0.1, 0.15) is 6.04 Å². The van der Waals surface area contributed by atoms with Crippen LogP contribution in [0.15, 0.2) is 53.5 Å². The first kappa shape index (κ1) is 16.9. The number of aliphatic carboxylic acids is 1. The molecule has 0 aliphatic rings. The molecule has 25 heavy (non-hydrogen) atoms. The molecule has 0 saturated heterocycles. The molecule has 6 nitrogen and oxygen atoms in total. The molecule has 0 bridgehead atoms. The number of amides is 1. The summed E-state index contributed by atoms with van der Waals surface area (Å²) in [4.78, 5) is 28.7. The van der Waals surface area contributed by atoms with Gasteiger partial charge < -0.3 is 15.4 Å². The number of carboxylic acid groups (broad SMARTS) is 1. The number of anilines is 1. The van der Waals surface area contributed by atoms with Crippen LogP contribution in [-0.4, -0.2) is 21.6 Å². The Bertz CT molecular complexity index is 1000. The number of aromatic nitrogens is 1. The van der Waals surface area contributed by atoms with Crippen LogP contribution in [0, 0.1) is 0 Å². The first-order chi connectivity index (χ1) is 12.0. The SMILES string of the molecule is CCC(C(=O)O)n1/c(=N/C(=O)c2ccc(N)cc2)sc2ccccc21. The van der Waals surface area contributed by atoms with Crippen molar-refractivity contribution in [2.45, 2.75) is 19.4 Å². The summed E-state index contributed by atoms with van der Waals surface area (Å²) in [5, 5.41) is 9.55. The molecule has 0 fully saturated rings. The zero-order chi connectivity index (χ0) is 18.0. The molecule has 3 aromatic rings. The Balaban J connectivity index is 2.19. The van der Waals surface area contributed by atoms with Gasteiger partial charge in [-0.05, 0) is 42.8 Å². The summed E-state index contributed by atoms with van der Waals surface area (Å²) in [6.07, 6.45) is 0.388. The van der Waals surface area contributed by atoms with E-state index in [9.17, 15) is 14.7 Å². The van der Waals surface area contributed by atoms with Crippen LogP contribution in [0.3, 0.4) is 0 Å². The molecule has 0 aliphatic heterocycles. The fourth-order valence-corrected chi connectivity index (χ4v) is 3.68. The molecule has 128 valence electrons. The molecule has 7 heteroatoms. The lowest BCUT2D eigenvalue weighted by Crippen LogP contribution is -2.27. The van der Waals surface area contributed by atoms with Crippen LogP contribution in [0.1, 0.15) is 29.7 Å². The number of nitrogens with zero attached hydrogens (tertiary/aromatic N) is 2. The Kier molecular flexibility index (Phi) is 4.67. The van der Waals surface area contributed by atoms with Gasteiger partial charge in [-0.2, -0.15) is 4.99 Å². The predicted molar refractivity (Wildman–Crippen MR) is 97.5 cm³/mol. The number of benzene rings is 2. The molecule has 3 N–H and O–H groups in total. The first-order valence-electron chi connectivity index (χ1n) is 7.78. The van der Waals surface area contributed by atoms with E-state index in [1.54, 1.807) is 35.8 Å². The van der Waals surface area contributed by atoms with Crippen molar-refractivity contribution in [2.24, 2.45) is 4.99 Å². The maximum absolute atomic E-state index is 12.5. The molecule has 1 atom stereocenters. The largest absolute Gasteiger partial charge is 0.480 e. The second-order valence-electron chi connectivity index (χ2n) is 5.52. The number of fused-ring (bicyclic) bond motifs is 1. The van der Waals surface area contributed by atoms with E-state index in [-0.39, 0.29) is 0 Å². The van der Waals surface area contributed by atoms with Crippen LogP contribution in [0.5, 0.6) is 0 Å². The van der Waals surface area contributed by atoms with Gasteiger partial charge in [0.2, 0.25) is 0 Å². The van der Waals surface area contributed by atoms with E-state index in [0.717, 1.165) is 10.2 Å². The highest BCUT2D eigenvalue weighted by Gasteiger charge is 2.21. The highest BCUT2D eigenvalue weighted by atomic mass is 32.1. The van der Waals surface area contributed by atoms with E-state index in [1.807, 2.05) is 24.3 Å². The third-order valence-corrected chi connectivity index (χ3v) is 4.91. The van der Waals surface area contributed by atoms with Crippen molar-refractivity contribution in [3.05, 3.63) is 58.9 Å². The molecule has 1 amide bonds. The Morgan fingerprint density at radius 1 is 1.20 bits per heavy atom. The highest BCUT2D eigenvalue weighted by Crippen LogP contribution is 2.22. The normalized spacial score (nSPS) is 13.1. The summed E-state index contributed by atoms with van der Waals surface area (Å²) in [6, 6.07) is 13.1. The minimum atomic E-state index is -0.951. The lowest BCUT2D eigenvalue weighted by Gasteiger charge is -2.13. The van der Waals surface area contributed by atoms with Gasteiger partial charge >= 0.3 is 5.97 Å². The van der Waals surface area contributed by atoms with Gasteiger partial charge in [0, 0.05) is 11.3 Å². The standard InChI is InChI=1S/C18H17N3O3S/c1-2-13(17(23)24)21-14-5-3-4-6-15(14)25-18(21)20-16(22)11-7-9-12(19)10-8-11/h3-10,13H,2,19H2,1H3,(H,23,24)/b20-18-. The van der Waals surface area contributed by atoms with E-state index >= 15 is 0 Å². The third kappa shape index (κ3) is 3.32. The van der Waals surface area contributed by atoms with Gasteiger partial charge in [-0.3, -0.25) is 4.79 Å². The first-order valence-corrected chi connectivity index (χ1v) is 8.60. The van der Waals surface area contributed by atoms with Gasteiger partial charge in [-0.1, -0.05) is 30.4 Å². The maximum atomic E-state index is 12.5. The summed E-state index contributed by atoms with van der Waals surface area (Å²) in [7, 11) is 0. The van der Waals surface area contributed by atoms with E-state index in [1.165, 1.54) is 11.3 Å². The molecule has 1 aromatic heterocycles. The molecular formula is C18H17N3O3S. The smallest absolute Gasteiger partial charge is 0.326 e. The van der Waals surface area contributed by atoms with Crippen molar-refractivity contribution in [2.75, 3.05) is 5.73 Å². The molecule has 2 aromatic carbocycles. The Hall–Kier alpha value is -2.93. The number of thiazole rings is 1. The summed E-state index contributed by atoms with van der Waals surface area (Å²) < 4.78 is 2.50. The third-order valence-electron chi connectivity index (χ3n) is 3.87. The van der Waals surface area contributed by atoms with Crippen LogP contribution < -0.4 is 10.5 Å². The van der Waals surface area contributed by atoms with Crippen molar-refractivity contribution in [3.63, 3.8) is 0 Å². The van der Waals surface area contributed by atoms with E-state index in [0.29, 0.717) is 22.5 Å². The molecular weight excluding hydrogens is 338 g/mol. The molecule has 1 unspecified atom stereocenters. The van der Waals surface area contributed by atoms with E-state index in [2.05, 4.69) is 4.99 Å². The topological polar surface area (TPSA) is 97.7 Å². The van der Waals surface area contributed by atoms with Crippen molar-refractivity contribution >= 4 is 39.1 Å². The van der Waals surface area contributed by atoms with Gasteiger partial charge in [-0.25, -0.2) is 4.79 Å². The molecule has 0 spiro atoms. The van der Waals surface area contributed by atoms with Crippen LogP contribution in [0.4, 0.5) is 5.69 Å². The van der Waals surface area contributed by atoms with Gasteiger partial charge in [0.25, 0.3) is 5.91 Å². The Morgan fingerprint density at radius 3 is 2.52 bits per heavy atom. The van der Waals surface area contributed by atoms with E-state index in [4.69, 9.17) is 5.73 Å². The number of rotatable bonds is 4. The van der Waals surface area contributed by atoms with Crippen LogP contribution in [0.25, 0.3) is 10.2 Å². The number of carboxylic acids is 1. The van der Waals surface area contributed by atoms with Crippen molar-refractivity contribution in [3.8, 4) is 0 Å². The number of carbonyl (C=O) groups is 2. The van der Waals surface area contributed by atoms with Gasteiger partial charge in [0.05, 0.1) is 10.2 Å². The molecule has 1 heterocycles. The highest BCUT2D eigenvalue weighted by molar-refractivity contribution is 7.16. The van der Waals surface area contributed by atoms with Gasteiger partial charge in [0.15, 0.2) is 4.80 Å². The average Bonchev–Trinajstić information content (AvgIpc) is 2.94. The lowest BCUT2D eigenvalue weighted by atomic mass is 10.2. The second-order valence-corrected chi connectivity index (χ2v) is 6.53. The zero-order valence-electron chi connectivity index (χ0n) is 13.5. The number of hydrogen-bond acceptors (Lipinski definition) is 4. The fraction of sp³-hybridized carbons (Fsp3) is 0.167. The molecule has 0 aliphatic carbocycles. The minimum absolute atomic E-state index is 0.372. The predicted octanol–water partition coefficient (Wildman–Crippen LogP) is 3.06. The monoisotopic (exact) mass is 355 g/mol. The fourth-order valence-electron chi connectivity index (χ4n) is 2.62. The second kappa shape index (κ2) is 6.90. The molecule has 3 rings (SSSR count). The summed E-state index contributed by atoms with van der Waals surface area (Å²) in [5.41, 5.74) is 7.36. The summed E-state index contributed by atoms with van der Waals surface area (Å²) in [5.74, 6) is -1.38. The van der Waals surface area contributed by atoms with Crippen LogP contribution in [0.2, 0.25) is 0 Å². The number of para-hydroxylation sites is 1. The number of carbonyl (C=O) groups excluding carboxylic acids is 1. The van der Waals surface area contributed by atoms with Crippen LogP contribution >= 0.6 is 11.3 Å². The van der Waals surface area contributed by atoms with Crippen molar-refractivity contribution in [1.82, 2.24) is 4.57 Å². The van der Waals surface area contributed by atoms with Crippen molar-refractivity contribution in [1.29, 1.82) is 0 Å². The van der Waals surface area contributed by atoms with Crippen molar-refractivity contribution < 1.29 is 14.7 Å². The number of hydrogen-bond donors (Lipinski definition) is 2. The maximum Gasteiger partial charge on any atom is 0.326 e. The Morgan fingerprint density at radius 2 is 1.88 bits per heavy atom. The van der Waals surface area contributed by atoms with Crippen LogP contribution in [-0.2, 0) is 4.79 Å². The molecule has 0 radical (unpaired) electrons.